The van der Waals surface area contributed by atoms with Crippen molar-refractivity contribution in [3.05, 3.63) is 181 Å². The van der Waals surface area contributed by atoms with Gasteiger partial charge >= 0.3 is 0 Å². The molecule has 0 fully saturated rings. The summed E-state index contributed by atoms with van der Waals surface area (Å²) < 4.78 is 6.64. The van der Waals surface area contributed by atoms with Crippen molar-refractivity contribution in [1.82, 2.24) is 0 Å². The second-order valence-electron chi connectivity index (χ2n) is 11.3. The van der Waals surface area contributed by atoms with Gasteiger partial charge in [0.15, 0.2) is 0 Å². The summed E-state index contributed by atoms with van der Waals surface area (Å²) in [6.45, 7) is 0.480. The van der Waals surface area contributed by atoms with Gasteiger partial charge in [-0.25, -0.2) is 0 Å². The molecular formula is C42H31N3O. The number of nitrogens with two attached hydrogens (primary N) is 1. The van der Waals surface area contributed by atoms with Crippen LogP contribution in [-0.2, 0) is 6.54 Å². The molecule has 0 spiro atoms. The predicted molar refractivity (Wildman–Crippen MR) is 193 cm³/mol. The van der Waals surface area contributed by atoms with Gasteiger partial charge in [0.05, 0.1) is 17.9 Å². The van der Waals surface area contributed by atoms with Crippen LogP contribution in [0.2, 0.25) is 0 Å². The van der Waals surface area contributed by atoms with Gasteiger partial charge in [0.25, 0.3) is 0 Å². The highest BCUT2D eigenvalue weighted by Gasteiger charge is 2.21. The molecule has 220 valence electrons. The maximum absolute atomic E-state index is 6.67. The van der Waals surface area contributed by atoms with Gasteiger partial charge in [-0.15, -0.1) is 0 Å². The van der Waals surface area contributed by atoms with Crippen LogP contribution in [0.25, 0.3) is 38.4 Å². The highest BCUT2D eigenvalue weighted by atomic mass is 16.3. The van der Waals surface area contributed by atoms with Crippen LogP contribution in [0.4, 0.5) is 17.1 Å². The van der Waals surface area contributed by atoms with Crippen molar-refractivity contribution in [2.75, 3.05) is 4.90 Å². The zero-order chi connectivity index (χ0) is 30.9. The standard InChI is InChI=1S/C42H31N3O/c43-41(29-15-4-1-5-16-29)35-24-12-13-25-37(35)44-28-30-17-14-26-39-40(30)36-27-38(33-22-10-11-23-34(33)42(36)46-39)45(31-18-6-2-7-19-31)32-20-8-3-9-21-32/h1-27H,28,43H2/b41-35-,44-37-. The highest BCUT2D eigenvalue weighted by molar-refractivity contribution is 6.20. The first kappa shape index (κ1) is 27.4. The zero-order valence-corrected chi connectivity index (χ0v) is 25.2. The molecule has 2 N–H and O–H groups in total. The Morgan fingerprint density at radius 3 is 1.98 bits per heavy atom. The minimum absolute atomic E-state index is 0.480. The van der Waals surface area contributed by atoms with Crippen molar-refractivity contribution in [2.24, 2.45) is 10.7 Å². The topological polar surface area (TPSA) is 54.8 Å². The van der Waals surface area contributed by atoms with Crippen molar-refractivity contribution >= 4 is 61.2 Å². The maximum atomic E-state index is 6.67. The monoisotopic (exact) mass is 593 g/mol. The van der Waals surface area contributed by atoms with Gasteiger partial charge in [-0.3, -0.25) is 4.99 Å². The SMILES string of the molecule is N/C(=C1/C=CC=C/C1=N/Cc1cccc2oc3c4ccccc4c(N(c4ccccc4)c4ccccc4)cc3c12)c1ccccc1. The molecule has 1 aromatic heterocycles. The van der Waals surface area contributed by atoms with Crippen LogP contribution < -0.4 is 10.6 Å². The summed E-state index contributed by atoms with van der Waals surface area (Å²) in [7, 11) is 0. The quantitative estimate of drug-likeness (QED) is 0.209. The number of furan rings is 1. The second-order valence-corrected chi connectivity index (χ2v) is 11.3. The Kier molecular flexibility index (Phi) is 7.01. The summed E-state index contributed by atoms with van der Waals surface area (Å²) in [6.07, 6.45) is 8.08. The molecule has 4 nitrogen and oxygen atoms in total. The zero-order valence-electron chi connectivity index (χ0n) is 25.2. The molecule has 1 heterocycles. The van der Waals surface area contributed by atoms with Gasteiger partial charge in [0, 0.05) is 44.2 Å². The molecule has 4 heteroatoms. The molecule has 1 aliphatic rings. The van der Waals surface area contributed by atoms with E-state index in [-0.39, 0.29) is 0 Å². The number of fused-ring (bicyclic) bond motifs is 5. The van der Waals surface area contributed by atoms with Gasteiger partial charge in [-0.2, -0.15) is 0 Å². The molecule has 0 unspecified atom stereocenters. The van der Waals surface area contributed by atoms with Crippen LogP contribution in [0.5, 0.6) is 0 Å². The summed E-state index contributed by atoms with van der Waals surface area (Å²) in [5.41, 5.74) is 16.2. The lowest BCUT2D eigenvalue weighted by Gasteiger charge is -2.27. The predicted octanol–water partition coefficient (Wildman–Crippen LogP) is 10.6. The van der Waals surface area contributed by atoms with Crippen LogP contribution in [0.1, 0.15) is 11.1 Å². The van der Waals surface area contributed by atoms with E-state index < -0.39 is 0 Å². The first-order valence-corrected chi connectivity index (χ1v) is 15.5. The minimum Gasteiger partial charge on any atom is -0.455 e. The Labute approximate surface area is 267 Å². The number of aliphatic imine (C=N–C) groups is 1. The fraction of sp³-hybridized carbons (Fsp3) is 0.0238. The lowest BCUT2D eigenvalue weighted by atomic mass is 9.98. The Morgan fingerprint density at radius 2 is 1.26 bits per heavy atom. The molecule has 0 atom stereocenters. The maximum Gasteiger partial charge on any atom is 0.143 e. The van der Waals surface area contributed by atoms with E-state index in [9.17, 15) is 0 Å². The van der Waals surface area contributed by atoms with Gasteiger partial charge in [0.1, 0.15) is 11.2 Å². The van der Waals surface area contributed by atoms with Crippen LogP contribution in [0.15, 0.2) is 179 Å². The number of hydrogen-bond acceptors (Lipinski definition) is 4. The van der Waals surface area contributed by atoms with Gasteiger partial charge in [-0.1, -0.05) is 121 Å². The summed E-state index contributed by atoms with van der Waals surface area (Å²) in [5, 5.41) is 4.33. The summed E-state index contributed by atoms with van der Waals surface area (Å²) in [6, 6.07) is 48.1. The van der Waals surface area contributed by atoms with Crippen LogP contribution in [0.3, 0.4) is 0 Å². The lowest BCUT2D eigenvalue weighted by Crippen LogP contribution is -2.10. The van der Waals surface area contributed by atoms with E-state index in [1.54, 1.807) is 0 Å². The average molecular weight is 594 g/mol. The third kappa shape index (κ3) is 4.86. The van der Waals surface area contributed by atoms with Crippen molar-refractivity contribution in [2.45, 2.75) is 6.54 Å². The summed E-state index contributed by atoms with van der Waals surface area (Å²) in [4.78, 5) is 7.45. The fourth-order valence-electron chi connectivity index (χ4n) is 6.38. The molecule has 7 aromatic rings. The molecule has 0 saturated carbocycles. The van der Waals surface area contributed by atoms with E-state index in [2.05, 4.69) is 114 Å². The van der Waals surface area contributed by atoms with E-state index in [0.717, 1.165) is 72.2 Å². The number of benzene rings is 6. The molecule has 0 bridgehead atoms. The number of para-hydroxylation sites is 2. The molecule has 0 saturated heterocycles. The second kappa shape index (κ2) is 11.8. The molecule has 6 aromatic carbocycles. The lowest BCUT2D eigenvalue weighted by molar-refractivity contribution is 0.672. The van der Waals surface area contributed by atoms with Gasteiger partial charge in [-0.05, 0) is 53.6 Å². The minimum atomic E-state index is 0.480. The van der Waals surface area contributed by atoms with Crippen molar-refractivity contribution < 1.29 is 4.42 Å². The molecule has 0 aliphatic heterocycles. The van der Waals surface area contributed by atoms with Crippen LogP contribution in [-0.4, -0.2) is 5.71 Å². The Hall–Kier alpha value is -6.13. The molecule has 0 amide bonds. The number of nitrogens with zero attached hydrogens (tertiary/aromatic N) is 2. The summed E-state index contributed by atoms with van der Waals surface area (Å²) in [5.74, 6) is 0. The highest BCUT2D eigenvalue weighted by Crippen LogP contribution is 2.45. The molecule has 46 heavy (non-hydrogen) atoms. The third-order valence-electron chi connectivity index (χ3n) is 8.54. The number of rotatable bonds is 6. The third-order valence-corrected chi connectivity index (χ3v) is 8.54. The number of allylic oxidation sites excluding steroid dienone is 5. The first-order chi connectivity index (χ1) is 22.8. The average Bonchev–Trinajstić information content (AvgIpc) is 3.51. The molecule has 8 rings (SSSR count). The van der Waals surface area contributed by atoms with E-state index in [0.29, 0.717) is 12.2 Å². The smallest absolute Gasteiger partial charge is 0.143 e. The number of anilines is 3. The van der Waals surface area contributed by atoms with Crippen LogP contribution in [0, 0.1) is 0 Å². The van der Waals surface area contributed by atoms with Crippen molar-refractivity contribution in [3.63, 3.8) is 0 Å². The van der Waals surface area contributed by atoms with Crippen LogP contribution >= 0.6 is 0 Å². The van der Waals surface area contributed by atoms with Crippen molar-refractivity contribution in [3.8, 4) is 0 Å². The van der Waals surface area contributed by atoms with Crippen molar-refractivity contribution in [1.29, 1.82) is 0 Å². The van der Waals surface area contributed by atoms with E-state index in [1.165, 1.54) is 0 Å². The van der Waals surface area contributed by atoms with E-state index in [4.69, 9.17) is 15.1 Å². The number of hydrogen-bond donors (Lipinski definition) is 1. The summed E-state index contributed by atoms with van der Waals surface area (Å²) >= 11 is 0. The fourth-order valence-corrected chi connectivity index (χ4v) is 6.38. The largest absolute Gasteiger partial charge is 0.455 e. The Bertz CT molecular complexity index is 2290. The Morgan fingerprint density at radius 1 is 0.630 bits per heavy atom. The van der Waals surface area contributed by atoms with E-state index in [1.807, 2.05) is 54.6 Å². The molecular weight excluding hydrogens is 562 g/mol. The molecule has 1 aliphatic carbocycles. The Balaban J connectivity index is 1.32. The molecule has 0 radical (unpaired) electrons. The van der Waals surface area contributed by atoms with Gasteiger partial charge in [0.2, 0.25) is 0 Å². The first-order valence-electron chi connectivity index (χ1n) is 15.5. The van der Waals surface area contributed by atoms with Gasteiger partial charge < -0.3 is 15.1 Å². The van der Waals surface area contributed by atoms with E-state index >= 15 is 0 Å². The normalized spacial score (nSPS) is 14.8.